The summed E-state index contributed by atoms with van der Waals surface area (Å²) in [5.74, 6) is 0. The van der Waals surface area contributed by atoms with Crippen molar-refractivity contribution >= 4 is 44.8 Å². The van der Waals surface area contributed by atoms with E-state index in [1.807, 2.05) is 6.92 Å². The SMILES string of the molecule is Cc1c(Br)cc(Cl)c(N)c1Cl. The molecule has 2 N–H and O–H groups in total. The van der Waals surface area contributed by atoms with Crippen molar-refractivity contribution in [3.05, 3.63) is 26.1 Å². The van der Waals surface area contributed by atoms with Gasteiger partial charge in [0.25, 0.3) is 0 Å². The van der Waals surface area contributed by atoms with Crippen molar-refractivity contribution in [1.82, 2.24) is 0 Å². The third kappa shape index (κ3) is 1.63. The number of halogens is 3. The highest BCUT2D eigenvalue weighted by Crippen LogP contribution is 2.35. The van der Waals surface area contributed by atoms with E-state index in [1.165, 1.54) is 0 Å². The van der Waals surface area contributed by atoms with Crippen LogP contribution in [0.1, 0.15) is 5.56 Å². The fourth-order valence-corrected chi connectivity index (χ4v) is 1.84. The molecule has 0 saturated heterocycles. The van der Waals surface area contributed by atoms with E-state index in [0.717, 1.165) is 10.0 Å². The molecule has 60 valence electrons. The van der Waals surface area contributed by atoms with E-state index < -0.39 is 0 Å². The maximum absolute atomic E-state index is 5.85. The first-order valence-corrected chi connectivity index (χ1v) is 4.48. The van der Waals surface area contributed by atoms with Crippen LogP contribution in [0.25, 0.3) is 0 Å². The molecule has 0 aliphatic rings. The second kappa shape index (κ2) is 3.21. The van der Waals surface area contributed by atoms with Crippen LogP contribution in [0.5, 0.6) is 0 Å². The summed E-state index contributed by atoms with van der Waals surface area (Å²) >= 11 is 14.9. The third-order valence-electron chi connectivity index (χ3n) is 1.43. The first kappa shape index (κ1) is 9.17. The minimum Gasteiger partial charge on any atom is -0.396 e. The fourth-order valence-electron chi connectivity index (χ4n) is 0.709. The first-order valence-electron chi connectivity index (χ1n) is 2.93. The minimum atomic E-state index is 0.439. The van der Waals surface area contributed by atoms with Crippen LogP contribution in [-0.4, -0.2) is 0 Å². The second-order valence-electron chi connectivity index (χ2n) is 2.19. The molecule has 1 nitrogen and oxygen atoms in total. The summed E-state index contributed by atoms with van der Waals surface area (Å²) in [4.78, 5) is 0. The van der Waals surface area contributed by atoms with Gasteiger partial charge in [0.2, 0.25) is 0 Å². The lowest BCUT2D eigenvalue weighted by atomic mass is 10.2. The number of hydrogen-bond acceptors (Lipinski definition) is 1. The van der Waals surface area contributed by atoms with E-state index >= 15 is 0 Å². The summed E-state index contributed by atoms with van der Waals surface area (Å²) in [6.07, 6.45) is 0. The Morgan fingerprint density at radius 3 is 2.55 bits per heavy atom. The molecular weight excluding hydrogens is 249 g/mol. The molecule has 0 amide bonds. The molecule has 11 heavy (non-hydrogen) atoms. The highest BCUT2D eigenvalue weighted by molar-refractivity contribution is 9.10. The Morgan fingerprint density at radius 1 is 1.45 bits per heavy atom. The Morgan fingerprint density at radius 2 is 2.00 bits per heavy atom. The Labute approximate surface area is 83.6 Å². The van der Waals surface area contributed by atoms with Crippen molar-refractivity contribution < 1.29 is 0 Å². The highest BCUT2D eigenvalue weighted by atomic mass is 79.9. The standard InChI is InChI=1S/C7H6BrCl2N/c1-3-4(8)2-5(9)7(11)6(3)10/h2H,11H2,1H3. The van der Waals surface area contributed by atoms with Gasteiger partial charge in [-0.05, 0) is 18.6 Å². The van der Waals surface area contributed by atoms with Gasteiger partial charge in [0, 0.05) is 4.47 Å². The molecule has 4 heteroatoms. The number of anilines is 1. The molecule has 0 radical (unpaired) electrons. The van der Waals surface area contributed by atoms with Gasteiger partial charge in [-0.25, -0.2) is 0 Å². The summed E-state index contributed by atoms with van der Waals surface area (Å²) in [6, 6.07) is 1.73. The molecule has 0 fully saturated rings. The summed E-state index contributed by atoms with van der Waals surface area (Å²) in [7, 11) is 0. The quantitative estimate of drug-likeness (QED) is 0.703. The van der Waals surface area contributed by atoms with Gasteiger partial charge in [-0.1, -0.05) is 39.1 Å². The molecule has 0 unspecified atom stereocenters. The molecule has 0 bridgehead atoms. The van der Waals surface area contributed by atoms with Crippen molar-refractivity contribution in [2.24, 2.45) is 0 Å². The van der Waals surface area contributed by atoms with E-state index in [4.69, 9.17) is 28.9 Å². The topological polar surface area (TPSA) is 26.0 Å². The summed E-state index contributed by atoms with van der Waals surface area (Å²) in [6.45, 7) is 1.87. The summed E-state index contributed by atoms with van der Waals surface area (Å²) < 4.78 is 0.877. The zero-order chi connectivity index (χ0) is 8.59. The third-order valence-corrected chi connectivity index (χ3v) is 3.06. The summed E-state index contributed by atoms with van der Waals surface area (Å²) in [5, 5.41) is 0.997. The largest absolute Gasteiger partial charge is 0.396 e. The van der Waals surface area contributed by atoms with E-state index in [2.05, 4.69) is 15.9 Å². The monoisotopic (exact) mass is 253 g/mol. The van der Waals surface area contributed by atoms with Crippen molar-refractivity contribution in [3.8, 4) is 0 Å². The van der Waals surface area contributed by atoms with Crippen LogP contribution in [0, 0.1) is 6.92 Å². The average Bonchev–Trinajstić information content (AvgIpc) is 1.97. The molecule has 0 aliphatic carbocycles. The van der Waals surface area contributed by atoms with Crippen LogP contribution in [0.2, 0.25) is 10.0 Å². The number of rotatable bonds is 0. The predicted molar refractivity (Wildman–Crippen MR) is 53.3 cm³/mol. The molecule has 1 aromatic carbocycles. The van der Waals surface area contributed by atoms with Gasteiger partial charge >= 0.3 is 0 Å². The molecular formula is C7H6BrCl2N. The van der Waals surface area contributed by atoms with Gasteiger partial charge in [0.15, 0.2) is 0 Å². The van der Waals surface area contributed by atoms with Crippen molar-refractivity contribution in [2.75, 3.05) is 5.73 Å². The lowest BCUT2D eigenvalue weighted by Crippen LogP contribution is -1.90. The molecule has 0 aliphatic heterocycles. The molecule has 0 spiro atoms. The molecule has 0 heterocycles. The lowest BCUT2D eigenvalue weighted by Gasteiger charge is -2.05. The van der Waals surface area contributed by atoms with Gasteiger partial charge in [0.05, 0.1) is 15.7 Å². The zero-order valence-corrected chi connectivity index (χ0v) is 8.89. The summed E-state index contributed by atoms with van der Waals surface area (Å²) in [5.41, 5.74) is 6.92. The van der Waals surface area contributed by atoms with Crippen LogP contribution >= 0.6 is 39.1 Å². The molecule has 0 aromatic heterocycles. The molecule has 1 rings (SSSR count). The number of nitrogen functional groups attached to an aromatic ring is 1. The Bertz CT molecular complexity index is 273. The highest BCUT2D eigenvalue weighted by Gasteiger charge is 2.07. The van der Waals surface area contributed by atoms with Crippen LogP contribution in [0.3, 0.4) is 0 Å². The van der Waals surface area contributed by atoms with Crippen molar-refractivity contribution in [3.63, 3.8) is 0 Å². The Balaban J connectivity index is 3.46. The van der Waals surface area contributed by atoms with Crippen LogP contribution in [0.4, 0.5) is 5.69 Å². The maximum Gasteiger partial charge on any atom is 0.0696 e. The van der Waals surface area contributed by atoms with Gasteiger partial charge in [-0.3, -0.25) is 0 Å². The maximum atomic E-state index is 5.85. The predicted octanol–water partition coefficient (Wildman–Crippen LogP) is 3.65. The van der Waals surface area contributed by atoms with Crippen LogP contribution in [0.15, 0.2) is 10.5 Å². The number of nitrogens with two attached hydrogens (primary N) is 1. The Kier molecular flexibility index (Phi) is 2.68. The first-order chi connectivity index (χ1) is 5.04. The van der Waals surface area contributed by atoms with Gasteiger partial charge in [-0.2, -0.15) is 0 Å². The zero-order valence-electron chi connectivity index (χ0n) is 5.79. The van der Waals surface area contributed by atoms with E-state index in [9.17, 15) is 0 Å². The van der Waals surface area contributed by atoms with E-state index in [0.29, 0.717) is 15.7 Å². The van der Waals surface area contributed by atoms with Gasteiger partial charge in [-0.15, -0.1) is 0 Å². The van der Waals surface area contributed by atoms with Crippen LogP contribution < -0.4 is 5.73 Å². The van der Waals surface area contributed by atoms with Crippen molar-refractivity contribution in [2.45, 2.75) is 6.92 Å². The minimum absolute atomic E-state index is 0.439. The van der Waals surface area contributed by atoms with Crippen molar-refractivity contribution in [1.29, 1.82) is 0 Å². The van der Waals surface area contributed by atoms with E-state index in [-0.39, 0.29) is 0 Å². The Hall–Kier alpha value is 0.0800. The molecule has 0 atom stereocenters. The normalized spacial score (nSPS) is 10.2. The smallest absolute Gasteiger partial charge is 0.0696 e. The molecule has 0 saturated carbocycles. The second-order valence-corrected chi connectivity index (χ2v) is 3.83. The van der Waals surface area contributed by atoms with E-state index in [1.54, 1.807) is 6.07 Å². The number of hydrogen-bond donors (Lipinski definition) is 1. The fraction of sp³-hybridized carbons (Fsp3) is 0.143. The van der Waals surface area contributed by atoms with Gasteiger partial charge in [0.1, 0.15) is 0 Å². The average molecular weight is 255 g/mol. The number of benzene rings is 1. The van der Waals surface area contributed by atoms with Crippen LogP contribution in [-0.2, 0) is 0 Å². The molecule has 1 aromatic rings. The van der Waals surface area contributed by atoms with Gasteiger partial charge < -0.3 is 5.73 Å². The lowest BCUT2D eigenvalue weighted by molar-refractivity contribution is 1.43.